The minimum atomic E-state index is -0.160. The van der Waals surface area contributed by atoms with Crippen LogP contribution >= 0.6 is 0 Å². The number of aromatic nitrogens is 2. The summed E-state index contributed by atoms with van der Waals surface area (Å²) in [7, 11) is 0. The molecule has 148 valence electrons. The van der Waals surface area contributed by atoms with Gasteiger partial charge in [0.25, 0.3) is 0 Å². The van der Waals surface area contributed by atoms with Crippen LogP contribution in [0.15, 0.2) is 18.5 Å². The maximum absolute atomic E-state index is 12.9. The fourth-order valence-corrected chi connectivity index (χ4v) is 3.78. The molecule has 1 unspecified atom stereocenters. The molecule has 0 bridgehead atoms. The van der Waals surface area contributed by atoms with E-state index in [1.54, 1.807) is 18.5 Å². The van der Waals surface area contributed by atoms with Crippen LogP contribution in [0.5, 0.6) is 0 Å². The summed E-state index contributed by atoms with van der Waals surface area (Å²) < 4.78 is 5.12. The second-order valence-electron chi connectivity index (χ2n) is 7.10. The van der Waals surface area contributed by atoms with Crippen molar-refractivity contribution >= 4 is 17.8 Å². The van der Waals surface area contributed by atoms with Gasteiger partial charge in [-0.05, 0) is 45.8 Å². The van der Waals surface area contributed by atoms with E-state index in [1.165, 1.54) is 0 Å². The number of hydrogen-bond acceptors (Lipinski definition) is 7. The highest BCUT2D eigenvalue weighted by Crippen LogP contribution is 2.21. The average Bonchev–Trinajstić information content (AvgIpc) is 2.74. The maximum atomic E-state index is 12.9. The van der Waals surface area contributed by atoms with Crippen LogP contribution in [-0.2, 0) is 14.3 Å². The van der Waals surface area contributed by atoms with E-state index in [1.807, 2.05) is 18.7 Å². The van der Waals surface area contributed by atoms with Gasteiger partial charge in [-0.15, -0.1) is 0 Å². The van der Waals surface area contributed by atoms with Gasteiger partial charge in [0.2, 0.25) is 11.9 Å². The van der Waals surface area contributed by atoms with Crippen molar-refractivity contribution in [3.8, 4) is 0 Å². The molecule has 2 aliphatic rings. The quantitative estimate of drug-likeness (QED) is 0.704. The molecule has 1 aromatic rings. The average molecular weight is 375 g/mol. The summed E-state index contributed by atoms with van der Waals surface area (Å²) in [5, 5.41) is 0. The number of rotatable bonds is 5. The Morgan fingerprint density at radius 1 is 1.11 bits per heavy atom. The van der Waals surface area contributed by atoms with Crippen LogP contribution in [0.2, 0.25) is 0 Å². The van der Waals surface area contributed by atoms with Gasteiger partial charge in [-0.2, -0.15) is 0 Å². The van der Waals surface area contributed by atoms with Gasteiger partial charge >= 0.3 is 5.97 Å². The Kier molecular flexibility index (Phi) is 6.60. The first-order valence-electron chi connectivity index (χ1n) is 9.81. The molecule has 0 N–H and O–H groups in total. The number of ether oxygens (including phenoxy) is 1. The predicted octanol–water partition coefficient (Wildman–Crippen LogP) is 0.789. The lowest BCUT2D eigenvalue weighted by Crippen LogP contribution is -2.55. The lowest BCUT2D eigenvalue weighted by Gasteiger charge is -2.39. The number of likely N-dealkylation sites (tertiary alicyclic amines) is 1. The topological polar surface area (TPSA) is 78.9 Å². The predicted molar refractivity (Wildman–Crippen MR) is 101 cm³/mol. The molecule has 8 heteroatoms. The number of carbonyl (C=O) groups excluding carboxylic acids is 2. The molecule has 2 aliphatic heterocycles. The number of nitrogens with zero attached hydrogens (tertiary/aromatic N) is 5. The summed E-state index contributed by atoms with van der Waals surface area (Å²) in [4.78, 5) is 39.6. The maximum Gasteiger partial charge on any atom is 0.309 e. The normalized spacial score (nSPS) is 20.4. The Balaban J connectivity index is 1.47. The van der Waals surface area contributed by atoms with E-state index in [0.29, 0.717) is 19.7 Å². The van der Waals surface area contributed by atoms with Crippen molar-refractivity contribution < 1.29 is 14.3 Å². The molecule has 3 rings (SSSR count). The van der Waals surface area contributed by atoms with Crippen molar-refractivity contribution in [2.75, 3.05) is 50.8 Å². The second kappa shape index (κ2) is 9.12. The molecular formula is C19H29N5O3. The molecule has 0 spiro atoms. The monoisotopic (exact) mass is 375 g/mol. The fourth-order valence-electron chi connectivity index (χ4n) is 3.78. The third-order valence-electron chi connectivity index (χ3n) is 5.48. The van der Waals surface area contributed by atoms with Crippen LogP contribution in [0.1, 0.15) is 26.7 Å². The van der Waals surface area contributed by atoms with Crippen LogP contribution in [0.4, 0.5) is 5.95 Å². The zero-order valence-electron chi connectivity index (χ0n) is 16.2. The van der Waals surface area contributed by atoms with Crippen molar-refractivity contribution in [1.82, 2.24) is 19.8 Å². The van der Waals surface area contributed by atoms with E-state index in [2.05, 4.69) is 19.8 Å². The van der Waals surface area contributed by atoms with Crippen molar-refractivity contribution in [2.45, 2.75) is 32.7 Å². The van der Waals surface area contributed by atoms with Gasteiger partial charge in [-0.1, -0.05) is 0 Å². The van der Waals surface area contributed by atoms with Crippen molar-refractivity contribution in [2.24, 2.45) is 5.92 Å². The Bertz CT molecular complexity index is 625. The van der Waals surface area contributed by atoms with Crippen LogP contribution in [-0.4, -0.2) is 83.6 Å². The van der Waals surface area contributed by atoms with E-state index >= 15 is 0 Å². The second-order valence-corrected chi connectivity index (χ2v) is 7.10. The third kappa shape index (κ3) is 4.74. The van der Waals surface area contributed by atoms with E-state index in [9.17, 15) is 9.59 Å². The van der Waals surface area contributed by atoms with Gasteiger partial charge in [0, 0.05) is 38.6 Å². The number of piperazine rings is 1. The number of anilines is 1. The Labute approximate surface area is 160 Å². The zero-order valence-corrected chi connectivity index (χ0v) is 16.2. The van der Waals surface area contributed by atoms with Gasteiger partial charge in [0.05, 0.1) is 18.6 Å². The summed E-state index contributed by atoms with van der Waals surface area (Å²) in [6, 6.07) is 1.64. The summed E-state index contributed by atoms with van der Waals surface area (Å²) in [5.41, 5.74) is 0. The van der Waals surface area contributed by atoms with E-state index in [0.717, 1.165) is 45.0 Å². The largest absolute Gasteiger partial charge is 0.466 e. The van der Waals surface area contributed by atoms with Crippen LogP contribution in [0.3, 0.4) is 0 Å². The minimum Gasteiger partial charge on any atom is -0.466 e. The van der Waals surface area contributed by atoms with Crippen LogP contribution in [0, 0.1) is 5.92 Å². The van der Waals surface area contributed by atoms with Gasteiger partial charge in [-0.3, -0.25) is 14.5 Å². The third-order valence-corrected chi connectivity index (χ3v) is 5.48. The molecule has 8 nitrogen and oxygen atoms in total. The number of hydrogen-bond donors (Lipinski definition) is 0. The van der Waals surface area contributed by atoms with Crippen molar-refractivity contribution in [1.29, 1.82) is 0 Å². The standard InChI is InChI=1S/C19H29N5O3/c1-3-27-18(26)16-5-9-22(10-6-16)15(2)17(25)23-11-13-24(14-12-23)19-20-7-4-8-21-19/h4,7-8,15-16H,3,5-6,9-14H2,1-2H3. The molecule has 27 heavy (non-hydrogen) atoms. The number of carbonyl (C=O) groups is 2. The van der Waals surface area contributed by atoms with Gasteiger partial charge < -0.3 is 14.5 Å². The van der Waals surface area contributed by atoms with Crippen molar-refractivity contribution in [3.63, 3.8) is 0 Å². The highest BCUT2D eigenvalue weighted by Gasteiger charge is 2.33. The molecule has 0 radical (unpaired) electrons. The fraction of sp³-hybridized carbons (Fsp3) is 0.684. The molecule has 1 aromatic heterocycles. The highest BCUT2D eigenvalue weighted by atomic mass is 16.5. The number of esters is 1. The number of piperidine rings is 1. The van der Waals surface area contributed by atoms with Gasteiger partial charge in [0.1, 0.15) is 0 Å². The van der Waals surface area contributed by atoms with Crippen LogP contribution in [0.25, 0.3) is 0 Å². The molecule has 0 aromatic carbocycles. The lowest BCUT2D eigenvalue weighted by molar-refractivity contribution is -0.150. The summed E-state index contributed by atoms with van der Waals surface area (Å²) >= 11 is 0. The Morgan fingerprint density at radius 2 is 1.74 bits per heavy atom. The van der Waals surface area contributed by atoms with E-state index in [-0.39, 0.29) is 23.8 Å². The summed E-state index contributed by atoms with van der Waals surface area (Å²) in [6.45, 7) is 8.59. The Hall–Kier alpha value is -2.22. The minimum absolute atomic E-state index is 0.0297. The molecule has 3 heterocycles. The highest BCUT2D eigenvalue weighted by molar-refractivity contribution is 5.82. The molecule has 2 fully saturated rings. The van der Waals surface area contributed by atoms with Crippen molar-refractivity contribution in [3.05, 3.63) is 18.5 Å². The summed E-state index contributed by atoms with van der Waals surface area (Å²) in [5.74, 6) is 0.755. The first kappa shape index (κ1) is 19.5. The lowest BCUT2D eigenvalue weighted by atomic mass is 9.96. The van der Waals surface area contributed by atoms with E-state index in [4.69, 9.17) is 4.74 Å². The Morgan fingerprint density at radius 3 is 2.33 bits per heavy atom. The zero-order chi connectivity index (χ0) is 19.2. The molecule has 0 aliphatic carbocycles. The van der Waals surface area contributed by atoms with Gasteiger partial charge in [-0.25, -0.2) is 9.97 Å². The first-order chi connectivity index (χ1) is 13.1. The first-order valence-corrected chi connectivity index (χ1v) is 9.81. The smallest absolute Gasteiger partial charge is 0.309 e. The summed E-state index contributed by atoms with van der Waals surface area (Å²) in [6.07, 6.45) is 4.99. The molecule has 2 saturated heterocycles. The molecular weight excluding hydrogens is 346 g/mol. The van der Waals surface area contributed by atoms with Gasteiger partial charge in [0.15, 0.2) is 0 Å². The van der Waals surface area contributed by atoms with Crippen LogP contribution < -0.4 is 4.90 Å². The molecule has 0 saturated carbocycles. The molecule has 1 amide bonds. The molecule has 1 atom stereocenters. The SMILES string of the molecule is CCOC(=O)C1CCN(C(C)C(=O)N2CCN(c3ncccn3)CC2)CC1. The van der Waals surface area contributed by atoms with E-state index < -0.39 is 0 Å². The number of amides is 1.